The molecule has 18 heavy (non-hydrogen) atoms. The van der Waals surface area contributed by atoms with Gasteiger partial charge in [-0.15, -0.1) is 0 Å². The van der Waals surface area contributed by atoms with E-state index in [0.29, 0.717) is 12.6 Å². The van der Waals surface area contributed by atoms with Crippen molar-refractivity contribution in [2.45, 2.75) is 51.6 Å². The molecule has 1 nitrogen and oxygen atoms in total. The van der Waals surface area contributed by atoms with Gasteiger partial charge in [0.1, 0.15) is 0 Å². The van der Waals surface area contributed by atoms with Gasteiger partial charge in [-0.1, -0.05) is 38.0 Å². The topological polar surface area (TPSA) is 12.0 Å². The summed E-state index contributed by atoms with van der Waals surface area (Å²) in [5.74, 6) is 0.898. The Balaban J connectivity index is 1.85. The lowest BCUT2D eigenvalue weighted by molar-refractivity contribution is 0.151. The van der Waals surface area contributed by atoms with E-state index in [9.17, 15) is 8.78 Å². The summed E-state index contributed by atoms with van der Waals surface area (Å²) in [6.07, 6.45) is 2.67. The van der Waals surface area contributed by atoms with Crippen LogP contribution in [0.3, 0.4) is 0 Å². The van der Waals surface area contributed by atoms with Crippen molar-refractivity contribution in [3.8, 4) is 0 Å². The van der Waals surface area contributed by atoms with E-state index < -0.39 is 6.43 Å². The molecular formula is C15H21F2N. The average Bonchev–Trinajstić information content (AvgIpc) is 3.18. The summed E-state index contributed by atoms with van der Waals surface area (Å²) in [7, 11) is 0. The Morgan fingerprint density at radius 3 is 2.72 bits per heavy atom. The monoisotopic (exact) mass is 253 g/mol. The molecular weight excluding hydrogens is 232 g/mol. The molecule has 0 aliphatic heterocycles. The largest absolute Gasteiger partial charge is 0.310 e. The third-order valence-electron chi connectivity index (χ3n) is 3.61. The molecule has 1 aromatic rings. The molecule has 3 heteroatoms. The van der Waals surface area contributed by atoms with Crippen LogP contribution in [-0.4, -0.2) is 6.04 Å². The first-order chi connectivity index (χ1) is 8.69. The number of halogens is 2. The smallest absolute Gasteiger partial charge is 0.263 e. The van der Waals surface area contributed by atoms with E-state index in [1.807, 2.05) is 6.07 Å². The summed E-state index contributed by atoms with van der Waals surface area (Å²) in [6, 6.07) is 7.22. The zero-order chi connectivity index (χ0) is 13.0. The lowest BCUT2D eigenvalue weighted by Crippen LogP contribution is -2.28. The van der Waals surface area contributed by atoms with E-state index in [-0.39, 0.29) is 5.56 Å². The minimum Gasteiger partial charge on any atom is -0.310 e. The summed E-state index contributed by atoms with van der Waals surface area (Å²) in [6.45, 7) is 2.86. The Morgan fingerprint density at radius 2 is 2.11 bits per heavy atom. The summed E-state index contributed by atoms with van der Waals surface area (Å²) in [4.78, 5) is 0. The van der Waals surface area contributed by atoms with Gasteiger partial charge in [-0.2, -0.15) is 0 Å². The van der Waals surface area contributed by atoms with E-state index in [2.05, 4.69) is 12.2 Å². The fraction of sp³-hybridized carbons (Fsp3) is 0.600. The van der Waals surface area contributed by atoms with Gasteiger partial charge in [-0.3, -0.25) is 0 Å². The van der Waals surface area contributed by atoms with Crippen LogP contribution in [0.15, 0.2) is 24.3 Å². The maximum atomic E-state index is 12.6. The molecule has 0 radical (unpaired) electrons. The van der Waals surface area contributed by atoms with E-state index >= 15 is 0 Å². The third-order valence-corrected chi connectivity index (χ3v) is 3.61. The summed E-state index contributed by atoms with van der Waals surface area (Å²) < 4.78 is 25.1. The van der Waals surface area contributed by atoms with Crippen LogP contribution >= 0.6 is 0 Å². The Hall–Kier alpha value is -0.960. The molecule has 1 N–H and O–H groups in total. The molecule has 0 heterocycles. The summed E-state index contributed by atoms with van der Waals surface area (Å²) >= 11 is 0. The SMILES string of the molecule is CCC(CC1CC1)NCc1cccc(C(F)F)c1. The highest BCUT2D eigenvalue weighted by molar-refractivity contribution is 5.24. The Kier molecular flexibility index (Phi) is 4.70. The van der Waals surface area contributed by atoms with E-state index in [1.54, 1.807) is 12.1 Å². The average molecular weight is 253 g/mol. The van der Waals surface area contributed by atoms with Gasteiger partial charge >= 0.3 is 0 Å². The molecule has 0 bridgehead atoms. The molecule has 0 spiro atoms. The van der Waals surface area contributed by atoms with Gasteiger partial charge in [0, 0.05) is 18.2 Å². The van der Waals surface area contributed by atoms with Crippen molar-refractivity contribution in [1.29, 1.82) is 0 Å². The number of benzene rings is 1. The van der Waals surface area contributed by atoms with Gasteiger partial charge in [0.25, 0.3) is 6.43 Å². The van der Waals surface area contributed by atoms with Crippen LogP contribution < -0.4 is 5.32 Å². The van der Waals surface area contributed by atoms with Gasteiger partial charge in [-0.05, 0) is 30.4 Å². The second-order valence-corrected chi connectivity index (χ2v) is 5.21. The van der Waals surface area contributed by atoms with Crippen LogP contribution in [0.25, 0.3) is 0 Å². The van der Waals surface area contributed by atoms with Crippen molar-refractivity contribution < 1.29 is 8.78 Å². The highest BCUT2D eigenvalue weighted by Crippen LogP contribution is 2.34. The van der Waals surface area contributed by atoms with Gasteiger partial charge in [-0.25, -0.2) is 8.78 Å². The highest BCUT2D eigenvalue weighted by atomic mass is 19.3. The van der Waals surface area contributed by atoms with Crippen LogP contribution in [0.1, 0.15) is 50.2 Å². The maximum absolute atomic E-state index is 12.6. The second-order valence-electron chi connectivity index (χ2n) is 5.21. The van der Waals surface area contributed by atoms with Crippen molar-refractivity contribution in [1.82, 2.24) is 5.32 Å². The molecule has 100 valence electrons. The normalized spacial score (nSPS) is 17.1. The van der Waals surface area contributed by atoms with Gasteiger partial charge in [0.05, 0.1) is 0 Å². The van der Waals surface area contributed by atoms with Crippen molar-refractivity contribution in [3.63, 3.8) is 0 Å². The van der Waals surface area contributed by atoms with Crippen molar-refractivity contribution in [2.75, 3.05) is 0 Å². The van der Waals surface area contributed by atoms with Gasteiger partial charge < -0.3 is 5.32 Å². The van der Waals surface area contributed by atoms with Crippen molar-refractivity contribution in [3.05, 3.63) is 35.4 Å². The molecule has 1 unspecified atom stereocenters. The molecule has 2 rings (SSSR count). The summed E-state index contributed by atoms with van der Waals surface area (Å²) in [5.41, 5.74) is 1.06. The van der Waals surface area contributed by atoms with Crippen LogP contribution in [0.4, 0.5) is 8.78 Å². The van der Waals surface area contributed by atoms with Crippen LogP contribution in [-0.2, 0) is 6.54 Å². The molecule has 0 saturated heterocycles. The van der Waals surface area contributed by atoms with Gasteiger partial charge in [0.2, 0.25) is 0 Å². The molecule has 1 aromatic carbocycles. The molecule has 1 fully saturated rings. The molecule has 1 saturated carbocycles. The quantitative estimate of drug-likeness (QED) is 0.764. The maximum Gasteiger partial charge on any atom is 0.263 e. The lowest BCUT2D eigenvalue weighted by Gasteiger charge is -2.17. The zero-order valence-corrected chi connectivity index (χ0v) is 10.8. The second kappa shape index (κ2) is 6.28. The number of rotatable bonds is 7. The third kappa shape index (κ3) is 4.05. The molecule has 1 atom stereocenters. The van der Waals surface area contributed by atoms with Crippen LogP contribution in [0.2, 0.25) is 0 Å². The molecule has 0 amide bonds. The lowest BCUT2D eigenvalue weighted by atomic mass is 10.1. The molecule has 1 aliphatic rings. The fourth-order valence-corrected chi connectivity index (χ4v) is 2.25. The van der Waals surface area contributed by atoms with Crippen molar-refractivity contribution >= 4 is 0 Å². The molecule has 0 aromatic heterocycles. The minimum atomic E-state index is -2.38. The van der Waals surface area contributed by atoms with E-state index in [1.165, 1.54) is 25.3 Å². The predicted molar refractivity (Wildman–Crippen MR) is 69.7 cm³/mol. The van der Waals surface area contributed by atoms with Crippen LogP contribution in [0, 0.1) is 5.92 Å². The Bertz CT molecular complexity index is 375. The number of hydrogen-bond donors (Lipinski definition) is 1. The van der Waals surface area contributed by atoms with Crippen molar-refractivity contribution in [2.24, 2.45) is 5.92 Å². The highest BCUT2D eigenvalue weighted by Gasteiger charge is 2.24. The summed E-state index contributed by atoms with van der Waals surface area (Å²) in [5, 5.41) is 3.48. The standard InChI is InChI=1S/C15H21F2N/c1-2-14(9-11-6-7-11)18-10-12-4-3-5-13(8-12)15(16)17/h3-5,8,11,14-15,18H,2,6-7,9-10H2,1H3. The fourth-order valence-electron chi connectivity index (χ4n) is 2.25. The van der Waals surface area contributed by atoms with E-state index in [4.69, 9.17) is 0 Å². The van der Waals surface area contributed by atoms with Crippen LogP contribution in [0.5, 0.6) is 0 Å². The number of hydrogen-bond acceptors (Lipinski definition) is 1. The van der Waals surface area contributed by atoms with Gasteiger partial charge in [0.15, 0.2) is 0 Å². The first kappa shape index (κ1) is 13.5. The Labute approximate surface area is 108 Å². The predicted octanol–water partition coefficient (Wildman–Crippen LogP) is 4.29. The minimum absolute atomic E-state index is 0.115. The molecule has 1 aliphatic carbocycles. The zero-order valence-electron chi connectivity index (χ0n) is 10.8. The number of nitrogens with one attached hydrogen (secondary N) is 1. The first-order valence-electron chi connectivity index (χ1n) is 6.79. The van der Waals surface area contributed by atoms with E-state index in [0.717, 1.165) is 17.9 Å². The Morgan fingerprint density at radius 1 is 1.33 bits per heavy atom. The first-order valence-corrected chi connectivity index (χ1v) is 6.79. The number of alkyl halides is 2.